The predicted octanol–water partition coefficient (Wildman–Crippen LogP) is 0.871. The maximum Gasteiger partial charge on any atom is 1.00 e. The summed E-state index contributed by atoms with van der Waals surface area (Å²) in [5, 5.41) is 1.41. The summed E-state index contributed by atoms with van der Waals surface area (Å²) in [5.74, 6) is 0. The molecule has 108 valence electrons. The third-order valence-electron chi connectivity index (χ3n) is 3.54. The molecule has 0 saturated carbocycles. The van der Waals surface area contributed by atoms with Gasteiger partial charge < -0.3 is 4.55 Å². The quantitative estimate of drug-likeness (QED) is 0.449. The molecule has 2 rings (SSSR count). The monoisotopic (exact) mass is 330 g/mol. The first-order chi connectivity index (χ1) is 9.54. The standard InChI is InChI=1S/C16H20O3S.K/c1-2-3-4-5-8-13-11-12-16(20(17,18)19)15-10-7-6-9-14(13)15;/h6-7,9-12H,2-5,8H2,1H3,(H,17,18,19);/q;+1/p-1. The average molecular weight is 330 g/mol. The maximum atomic E-state index is 11.3. The number of hydrogen-bond acceptors (Lipinski definition) is 3. The zero-order chi connectivity index (χ0) is 14.6. The second-order valence-corrected chi connectivity index (χ2v) is 6.38. The van der Waals surface area contributed by atoms with Crippen LogP contribution in [0.1, 0.15) is 38.2 Å². The van der Waals surface area contributed by atoms with Crippen LogP contribution in [0.25, 0.3) is 10.8 Å². The third kappa shape index (κ3) is 5.13. The Balaban J connectivity index is 0.00000220. The van der Waals surface area contributed by atoms with Crippen molar-refractivity contribution < 1.29 is 64.4 Å². The van der Waals surface area contributed by atoms with Gasteiger partial charge in [-0.25, -0.2) is 8.42 Å². The van der Waals surface area contributed by atoms with Gasteiger partial charge in [0.1, 0.15) is 10.1 Å². The van der Waals surface area contributed by atoms with Crippen molar-refractivity contribution in [1.29, 1.82) is 0 Å². The third-order valence-corrected chi connectivity index (χ3v) is 4.44. The fourth-order valence-corrected chi connectivity index (χ4v) is 3.19. The number of rotatable bonds is 6. The first-order valence-electron chi connectivity index (χ1n) is 7.00. The van der Waals surface area contributed by atoms with Gasteiger partial charge >= 0.3 is 51.4 Å². The summed E-state index contributed by atoms with van der Waals surface area (Å²) in [7, 11) is -4.43. The van der Waals surface area contributed by atoms with E-state index in [0.29, 0.717) is 5.39 Å². The second-order valence-electron chi connectivity index (χ2n) is 5.03. The molecule has 0 unspecified atom stereocenters. The van der Waals surface area contributed by atoms with Crippen LogP contribution in [0, 0.1) is 0 Å². The molecular weight excluding hydrogens is 311 g/mol. The van der Waals surface area contributed by atoms with Crippen LogP contribution in [0.4, 0.5) is 0 Å². The molecule has 0 atom stereocenters. The molecule has 0 aliphatic rings. The Morgan fingerprint density at radius 3 is 2.24 bits per heavy atom. The molecular formula is C16H19KO3S. The molecule has 5 heteroatoms. The molecule has 2 aromatic rings. The largest absolute Gasteiger partial charge is 1.00 e. The Bertz CT molecular complexity index is 696. The molecule has 0 N–H and O–H groups in total. The van der Waals surface area contributed by atoms with Crippen molar-refractivity contribution in [3.05, 3.63) is 42.0 Å². The molecule has 0 radical (unpaired) electrons. The number of benzene rings is 2. The van der Waals surface area contributed by atoms with Crippen LogP contribution in [-0.2, 0) is 16.5 Å². The van der Waals surface area contributed by atoms with Crippen LogP contribution in [0.3, 0.4) is 0 Å². The normalized spacial score (nSPS) is 11.3. The van der Waals surface area contributed by atoms with Crippen molar-refractivity contribution in [2.45, 2.75) is 43.9 Å². The fourth-order valence-electron chi connectivity index (χ4n) is 2.51. The van der Waals surface area contributed by atoms with Gasteiger partial charge in [0.25, 0.3) is 0 Å². The predicted molar refractivity (Wildman–Crippen MR) is 79.8 cm³/mol. The van der Waals surface area contributed by atoms with Crippen LogP contribution in [-0.4, -0.2) is 13.0 Å². The molecule has 2 aromatic carbocycles. The second kappa shape index (κ2) is 8.77. The Kier molecular flexibility index (Phi) is 8.06. The first-order valence-corrected chi connectivity index (χ1v) is 8.41. The minimum atomic E-state index is -4.43. The van der Waals surface area contributed by atoms with Gasteiger partial charge in [-0.3, -0.25) is 0 Å². The summed E-state index contributed by atoms with van der Waals surface area (Å²) in [6, 6.07) is 10.4. The van der Waals surface area contributed by atoms with Crippen molar-refractivity contribution in [3.63, 3.8) is 0 Å². The fraction of sp³-hybridized carbons (Fsp3) is 0.375. The maximum absolute atomic E-state index is 11.3. The molecule has 21 heavy (non-hydrogen) atoms. The van der Waals surface area contributed by atoms with Crippen molar-refractivity contribution >= 4 is 20.9 Å². The van der Waals surface area contributed by atoms with Gasteiger partial charge in [0.15, 0.2) is 0 Å². The van der Waals surface area contributed by atoms with Crippen molar-refractivity contribution in [2.75, 3.05) is 0 Å². The average Bonchev–Trinajstić information content (AvgIpc) is 2.42. The molecule has 0 bridgehead atoms. The zero-order valence-electron chi connectivity index (χ0n) is 12.6. The zero-order valence-corrected chi connectivity index (χ0v) is 16.6. The SMILES string of the molecule is CCCCCCc1ccc(S(=O)(=O)[O-])c2ccccc12.[K+]. The first kappa shape index (κ1) is 19.3. The summed E-state index contributed by atoms with van der Waals surface area (Å²) < 4.78 is 33.9. The summed E-state index contributed by atoms with van der Waals surface area (Å²) in [5.41, 5.74) is 1.11. The van der Waals surface area contributed by atoms with Gasteiger partial charge in [0.2, 0.25) is 0 Å². The Morgan fingerprint density at radius 1 is 0.952 bits per heavy atom. The van der Waals surface area contributed by atoms with E-state index in [1.54, 1.807) is 18.2 Å². The van der Waals surface area contributed by atoms with Crippen molar-refractivity contribution in [2.24, 2.45) is 0 Å². The molecule has 0 aliphatic carbocycles. The topological polar surface area (TPSA) is 57.2 Å². The number of fused-ring (bicyclic) bond motifs is 1. The molecule has 0 heterocycles. The number of unbranched alkanes of at least 4 members (excludes halogenated alkanes) is 3. The minimum Gasteiger partial charge on any atom is -0.744 e. The number of hydrogen-bond donors (Lipinski definition) is 0. The Labute approximate surface area is 169 Å². The van der Waals surface area contributed by atoms with Crippen LogP contribution in [0.5, 0.6) is 0 Å². The summed E-state index contributed by atoms with van der Waals surface area (Å²) in [4.78, 5) is -0.120. The van der Waals surface area contributed by atoms with Crippen LogP contribution < -0.4 is 51.4 Å². The molecule has 0 saturated heterocycles. The smallest absolute Gasteiger partial charge is 0.744 e. The van der Waals surface area contributed by atoms with Gasteiger partial charge in [-0.05, 0) is 35.2 Å². The van der Waals surface area contributed by atoms with E-state index in [4.69, 9.17) is 0 Å². The van der Waals surface area contributed by atoms with Gasteiger partial charge in [-0.2, -0.15) is 0 Å². The summed E-state index contributed by atoms with van der Waals surface area (Å²) in [6.07, 6.45) is 5.58. The molecule has 3 nitrogen and oxygen atoms in total. The number of aryl methyl sites for hydroxylation is 1. The van der Waals surface area contributed by atoms with E-state index in [1.165, 1.54) is 25.3 Å². The van der Waals surface area contributed by atoms with E-state index < -0.39 is 10.1 Å². The van der Waals surface area contributed by atoms with Crippen molar-refractivity contribution in [3.8, 4) is 0 Å². The van der Waals surface area contributed by atoms with Gasteiger partial charge in [0, 0.05) is 0 Å². The Morgan fingerprint density at radius 2 is 1.62 bits per heavy atom. The van der Waals surface area contributed by atoms with Crippen molar-refractivity contribution in [1.82, 2.24) is 0 Å². The molecule has 0 aliphatic heterocycles. The van der Waals surface area contributed by atoms with E-state index >= 15 is 0 Å². The van der Waals surface area contributed by atoms with E-state index in [9.17, 15) is 13.0 Å². The van der Waals surface area contributed by atoms with E-state index in [-0.39, 0.29) is 56.3 Å². The molecule has 0 spiro atoms. The van der Waals surface area contributed by atoms with Gasteiger partial charge in [0.05, 0.1) is 4.90 Å². The van der Waals surface area contributed by atoms with E-state index in [1.807, 2.05) is 12.1 Å². The van der Waals surface area contributed by atoms with E-state index in [2.05, 4.69) is 6.92 Å². The molecule has 0 aromatic heterocycles. The van der Waals surface area contributed by atoms with Gasteiger partial charge in [-0.15, -0.1) is 0 Å². The van der Waals surface area contributed by atoms with Crippen LogP contribution in [0.2, 0.25) is 0 Å². The van der Waals surface area contributed by atoms with Crippen LogP contribution >= 0.6 is 0 Å². The molecule has 0 amide bonds. The van der Waals surface area contributed by atoms with E-state index in [0.717, 1.165) is 23.8 Å². The van der Waals surface area contributed by atoms with Gasteiger partial charge in [-0.1, -0.05) is 56.5 Å². The Hall–Kier alpha value is 0.246. The summed E-state index contributed by atoms with van der Waals surface area (Å²) in [6.45, 7) is 2.17. The summed E-state index contributed by atoms with van der Waals surface area (Å²) >= 11 is 0. The minimum absolute atomic E-state index is 0. The molecule has 0 fully saturated rings. The van der Waals surface area contributed by atoms with Crippen LogP contribution in [0.15, 0.2) is 41.3 Å².